The van der Waals surface area contributed by atoms with Gasteiger partial charge in [0.2, 0.25) is 0 Å². The Kier molecular flexibility index (Phi) is 13300. The van der Waals surface area contributed by atoms with Crippen LogP contribution >= 0.6 is 0 Å². The summed E-state index contributed by atoms with van der Waals surface area (Å²) in [5, 5.41) is 0. The van der Waals surface area contributed by atoms with Crippen LogP contribution in [0.5, 0.6) is 0 Å². The first kappa shape index (κ1) is 75.0. The van der Waals surface area contributed by atoms with Crippen LogP contribution in [0, 0.1) is 38.5 Å². The Bertz CT molecular complexity index is 36.8. The van der Waals surface area contributed by atoms with Crippen LogP contribution < -0.4 is 37.2 Å². The summed E-state index contributed by atoms with van der Waals surface area (Å²) < 4.78 is 0. The Balaban J connectivity index is -0.00000000321. The van der Waals surface area contributed by atoms with E-state index in [-0.39, 0.29) is 37.2 Å². The first-order chi connectivity index (χ1) is 3.00. The van der Waals surface area contributed by atoms with E-state index in [2.05, 4.69) is 38.5 Å². The third kappa shape index (κ3) is 1150. The molecule has 0 unspecified atom stereocenters. The second-order valence-corrected chi connectivity index (χ2v) is 0. The average Bonchev–Trinajstić information content (AvgIpc) is 1.81. The summed E-state index contributed by atoms with van der Waals surface area (Å²) in [6.07, 6.45) is 24.0. The minimum absolute atomic E-state index is 0. The lowest BCUT2D eigenvalue weighted by molar-refractivity contribution is -0.00100. The summed E-state index contributed by atoms with van der Waals surface area (Å²) in [5.41, 5.74) is 0. The van der Waals surface area contributed by atoms with Crippen LogP contribution in [0.25, 0.3) is 0 Å². The molecule has 0 aliphatic heterocycles. The lowest BCUT2D eigenvalue weighted by atomic mass is 11.4. The third-order valence-corrected chi connectivity index (χ3v) is 0. The Morgan fingerprint density at radius 1 is 0.333 bits per heavy atom. The van der Waals surface area contributed by atoms with Crippen LogP contribution in [0.2, 0.25) is 0 Å². The highest BCUT2D eigenvalue weighted by Gasteiger charge is 0.458. The molecule has 0 N–H and O–H groups in total. The van der Waals surface area contributed by atoms with E-state index in [9.17, 15) is 0 Å². The quantitative estimate of drug-likeness (QED) is 0.328. The monoisotopic (exact) mass is 183 g/mol. The van der Waals surface area contributed by atoms with Gasteiger partial charge in [-0.1, -0.05) is 0 Å². The maximum Gasteiger partial charge on any atom is -0.124 e. The highest BCUT2D eigenvalue weighted by atomic mass is 35.5. The molecule has 0 spiro atoms. The fraction of sp³-hybridized carbons (Fsp3) is 0. The molecule has 9 heavy (non-hydrogen) atoms. The van der Waals surface area contributed by atoms with E-state index in [1.54, 1.807) is 0 Å². The Morgan fingerprint density at radius 3 is 0.333 bits per heavy atom. The van der Waals surface area contributed by atoms with Gasteiger partial charge in [-0.2, -0.15) is 0 Å². The molecule has 0 aromatic carbocycles. The lowest BCUT2D eigenvalue weighted by Gasteiger charge is -1.00. The molecule has 0 bridgehead atoms. The molecule has 0 atom stereocenters. The van der Waals surface area contributed by atoms with Crippen molar-refractivity contribution in [3.05, 3.63) is 0 Å². The fourth-order valence-corrected chi connectivity index (χ4v) is 0. The molecule has 0 aromatic heterocycles. The largest absolute Gasteiger partial charge is 1.00 e. The van der Waals surface area contributed by atoms with Gasteiger partial charge >= 0.3 is 0 Å². The van der Waals surface area contributed by atoms with E-state index in [1.807, 2.05) is 0 Å². The highest BCUT2D eigenvalue weighted by Crippen LogP contribution is 0.583. The molecular formula is C6H6Cl3-3. The Hall–Kier alpha value is -0.450. The molecule has 0 fully saturated rings. The Labute approximate surface area is 76.0 Å². The minimum atomic E-state index is 0. The molecule has 0 rings (SSSR count). The van der Waals surface area contributed by atoms with Gasteiger partial charge in [0.1, 0.15) is 0 Å². The van der Waals surface area contributed by atoms with Crippen LogP contribution in [0.4, 0.5) is 0 Å². The van der Waals surface area contributed by atoms with Gasteiger partial charge < -0.3 is 37.2 Å². The maximum absolute atomic E-state index is 4.00. The lowest BCUT2D eigenvalue weighted by Crippen LogP contribution is -3.00. The SMILES string of the molecule is C#C.C#C.C#C.[Cl-].[Cl-].[Cl-]. The van der Waals surface area contributed by atoms with E-state index in [0.717, 1.165) is 0 Å². The normalized spacial score (nSPS) is 0.667. The van der Waals surface area contributed by atoms with Crippen LogP contribution in [-0.2, 0) is 0 Å². The van der Waals surface area contributed by atoms with Gasteiger partial charge in [0.05, 0.1) is 0 Å². The topological polar surface area (TPSA) is 0 Å². The zero-order valence-corrected chi connectivity index (χ0v) is 6.87. The van der Waals surface area contributed by atoms with E-state index < -0.39 is 0 Å². The van der Waals surface area contributed by atoms with Crippen molar-refractivity contribution in [2.24, 2.45) is 0 Å². The second-order valence-electron chi connectivity index (χ2n) is 0. The molecule has 0 saturated carbocycles. The summed E-state index contributed by atoms with van der Waals surface area (Å²) in [6.45, 7) is 0. The maximum atomic E-state index is 4.00. The smallest absolute Gasteiger partial charge is 0.124 e. The molecule has 0 saturated heterocycles. The van der Waals surface area contributed by atoms with Gasteiger partial charge in [0, 0.05) is 0 Å². The first-order valence-electron chi connectivity index (χ1n) is 1.00. The van der Waals surface area contributed by atoms with Gasteiger partial charge in [-0.25, -0.2) is 0 Å². The van der Waals surface area contributed by atoms with Crippen molar-refractivity contribution in [2.45, 2.75) is 0 Å². The summed E-state index contributed by atoms with van der Waals surface area (Å²) >= 11 is 0. The van der Waals surface area contributed by atoms with Gasteiger partial charge in [-0.05, 0) is 0 Å². The number of rotatable bonds is 0. The molecule has 0 aliphatic carbocycles. The van der Waals surface area contributed by atoms with Crippen molar-refractivity contribution in [2.75, 3.05) is 0 Å². The summed E-state index contributed by atoms with van der Waals surface area (Å²) in [6, 6.07) is 0. The number of halogens is 3. The highest BCUT2D eigenvalue weighted by molar-refractivity contribution is 4.47. The molecule has 54 valence electrons. The van der Waals surface area contributed by atoms with Gasteiger partial charge in [-0.15, -0.1) is 38.5 Å². The zero-order valence-electron chi connectivity index (χ0n) is 4.60. The predicted molar refractivity (Wildman–Crippen MR) is 29.7 cm³/mol. The average molecular weight is 184 g/mol. The van der Waals surface area contributed by atoms with E-state index in [4.69, 9.17) is 0 Å². The van der Waals surface area contributed by atoms with Crippen molar-refractivity contribution in [1.29, 1.82) is 0 Å². The van der Waals surface area contributed by atoms with Crippen molar-refractivity contribution >= 4 is 0 Å². The van der Waals surface area contributed by atoms with E-state index in [1.165, 1.54) is 0 Å². The van der Waals surface area contributed by atoms with Crippen LogP contribution in [0.15, 0.2) is 0 Å². The number of hydrogen-bond donors (Lipinski definition) is 0. The third-order valence-electron chi connectivity index (χ3n) is 0. The van der Waals surface area contributed by atoms with Crippen LogP contribution in [-0.4, -0.2) is 0 Å². The molecule has 0 nitrogen and oxygen atoms in total. The predicted octanol–water partition coefficient (Wildman–Crippen LogP) is -8.24. The van der Waals surface area contributed by atoms with Gasteiger partial charge in [-0.3, -0.25) is 0 Å². The Morgan fingerprint density at radius 2 is 0.333 bits per heavy atom. The zero-order chi connectivity index (χ0) is 6.00. The van der Waals surface area contributed by atoms with E-state index >= 15 is 0 Å². The summed E-state index contributed by atoms with van der Waals surface area (Å²) in [7, 11) is 0. The van der Waals surface area contributed by atoms with Crippen LogP contribution in [0.3, 0.4) is 0 Å². The fourth-order valence-electron chi connectivity index (χ4n) is 0. The summed E-state index contributed by atoms with van der Waals surface area (Å²) in [4.78, 5) is 0. The molecule has 0 heterocycles. The number of hydrogen-bond acceptors (Lipinski definition) is 0. The molecule has 0 radical (unpaired) electrons. The molecule has 0 aliphatic rings. The van der Waals surface area contributed by atoms with Crippen molar-refractivity contribution in [1.82, 2.24) is 0 Å². The van der Waals surface area contributed by atoms with Gasteiger partial charge in [0.15, 0.2) is 0 Å². The minimum Gasteiger partial charge on any atom is -1.00 e. The van der Waals surface area contributed by atoms with Crippen LogP contribution in [0.1, 0.15) is 0 Å². The van der Waals surface area contributed by atoms with Crippen molar-refractivity contribution in [3.8, 4) is 38.5 Å². The van der Waals surface area contributed by atoms with E-state index in [0.29, 0.717) is 0 Å². The summed E-state index contributed by atoms with van der Waals surface area (Å²) in [5.74, 6) is 0. The molecule has 3 heteroatoms. The van der Waals surface area contributed by atoms with Gasteiger partial charge in [0.25, 0.3) is 0 Å². The standard InChI is InChI=1S/3C2H2.3ClH/c3*1-2;;;/h3*1-2H;3*1H/p-3. The molecule has 0 amide bonds. The number of terminal acetylenes is 3. The molecular weight excluding hydrogens is 178 g/mol. The second kappa shape index (κ2) is 1600. The van der Waals surface area contributed by atoms with Crippen molar-refractivity contribution < 1.29 is 37.2 Å². The first-order valence-corrected chi connectivity index (χ1v) is 1.00. The molecule has 0 aromatic rings. The van der Waals surface area contributed by atoms with Crippen molar-refractivity contribution in [3.63, 3.8) is 0 Å².